The average molecular weight is 429 g/mol. The highest BCUT2D eigenvalue weighted by molar-refractivity contribution is 5.86. The summed E-state index contributed by atoms with van der Waals surface area (Å²) in [7, 11) is 0. The monoisotopic (exact) mass is 429 g/mol. The first-order chi connectivity index (χ1) is 15.5. The summed E-state index contributed by atoms with van der Waals surface area (Å²) < 4.78 is 6.75. The molecule has 0 spiro atoms. The van der Waals surface area contributed by atoms with Crippen LogP contribution in [-0.4, -0.2) is 26.2 Å². The summed E-state index contributed by atoms with van der Waals surface area (Å²) in [6.45, 7) is 6.22. The molecule has 0 aliphatic heterocycles. The van der Waals surface area contributed by atoms with E-state index >= 15 is 0 Å². The lowest BCUT2D eigenvalue weighted by Gasteiger charge is -2.15. The summed E-state index contributed by atoms with van der Waals surface area (Å²) in [6.07, 6.45) is 0. The van der Waals surface area contributed by atoms with Crippen LogP contribution in [0.3, 0.4) is 0 Å². The van der Waals surface area contributed by atoms with Crippen molar-refractivity contribution in [1.29, 1.82) is 0 Å². The van der Waals surface area contributed by atoms with Crippen molar-refractivity contribution in [3.05, 3.63) is 81.9 Å². The van der Waals surface area contributed by atoms with Crippen LogP contribution >= 0.6 is 0 Å². The number of azo groups is 1. The summed E-state index contributed by atoms with van der Waals surface area (Å²) in [4.78, 5) is 21.7. The maximum atomic E-state index is 13.2. The van der Waals surface area contributed by atoms with E-state index in [2.05, 4.69) is 20.2 Å². The van der Waals surface area contributed by atoms with Crippen molar-refractivity contribution in [2.75, 3.05) is 6.61 Å². The Morgan fingerprint density at radius 1 is 1.00 bits per heavy atom. The van der Waals surface area contributed by atoms with Crippen molar-refractivity contribution in [2.24, 2.45) is 10.2 Å². The highest BCUT2D eigenvalue weighted by atomic mass is 16.5. The molecule has 0 saturated heterocycles. The first-order valence-corrected chi connectivity index (χ1v) is 10.3. The zero-order valence-corrected chi connectivity index (χ0v) is 18.1. The lowest BCUT2D eigenvalue weighted by molar-refractivity contribution is 0.340. The van der Waals surface area contributed by atoms with E-state index in [1.807, 2.05) is 32.9 Å². The molecule has 1 N–H and O–H groups in total. The van der Waals surface area contributed by atoms with Gasteiger partial charge in [0.2, 0.25) is 5.88 Å². The quantitative estimate of drug-likeness (QED) is 0.444. The first-order valence-electron chi connectivity index (χ1n) is 10.3. The topological polar surface area (TPSA) is 102 Å². The number of benzene rings is 2. The molecule has 0 amide bonds. The van der Waals surface area contributed by atoms with Crippen molar-refractivity contribution in [3.8, 4) is 17.3 Å². The number of aromatic nitrogens is 3. The van der Waals surface area contributed by atoms with E-state index in [0.29, 0.717) is 34.4 Å². The Hall–Kier alpha value is -4.07. The van der Waals surface area contributed by atoms with E-state index in [0.717, 1.165) is 11.4 Å². The van der Waals surface area contributed by atoms with Gasteiger partial charge in [-0.1, -0.05) is 18.2 Å². The van der Waals surface area contributed by atoms with E-state index in [9.17, 15) is 9.90 Å². The molecule has 162 valence electrons. The van der Waals surface area contributed by atoms with E-state index in [1.165, 1.54) is 4.57 Å². The molecule has 0 bridgehead atoms. The molecule has 0 unspecified atom stereocenters. The molecule has 2 aromatic heterocycles. The summed E-state index contributed by atoms with van der Waals surface area (Å²) in [5.74, 6) is 0.760. The summed E-state index contributed by atoms with van der Waals surface area (Å²) in [5.41, 5.74) is 2.29. The van der Waals surface area contributed by atoms with Gasteiger partial charge < -0.3 is 9.84 Å². The molecule has 4 rings (SSSR count). The van der Waals surface area contributed by atoms with Gasteiger partial charge in [-0.2, -0.15) is 5.11 Å². The number of aromatic hydroxyl groups is 1. The van der Waals surface area contributed by atoms with Gasteiger partial charge >= 0.3 is 0 Å². The Morgan fingerprint density at radius 2 is 1.66 bits per heavy atom. The van der Waals surface area contributed by atoms with Crippen LogP contribution in [0.4, 0.5) is 5.95 Å². The second-order valence-electron chi connectivity index (χ2n) is 7.27. The van der Waals surface area contributed by atoms with E-state index < -0.39 is 0 Å². The van der Waals surface area contributed by atoms with Gasteiger partial charge in [-0.3, -0.25) is 4.79 Å². The molecule has 0 aliphatic carbocycles. The summed E-state index contributed by atoms with van der Waals surface area (Å²) >= 11 is 0. The number of aryl methyl sites for hydroxylation is 2. The second kappa shape index (κ2) is 8.97. The van der Waals surface area contributed by atoms with Crippen LogP contribution in [0.1, 0.15) is 23.9 Å². The van der Waals surface area contributed by atoms with Gasteiger partial charge in [0.25, 0.3) is 11.5 Å². The highest BCUT2D eigenvalue weighted by Gasteiger charge is 2.17. The maximum absolute atomic E-state index is 13.2. The molecule has 0 radical (unpaired) electrons. The molecular weight excluding hydrogens is 406 g/mol. The van der Waals surface area contributed by atoms with Crippen LogP contribution in [0.5, 0.6) is 11.6 Å². The largest absolute Gasteiger partial charge is 0.494 e. The fraction of sp³-hybridized carbons (Fsp3) is 0.208. The second-order valence-corrected chi connectivity index (χ2v) is 7.27. The summed E-state index contributed by atoms with van der Waals surface area (Å²) in [6, 6.07) is 16.0. The fourth-order valence-corrected chi connectivity index (χ4v) is 3.58. The van der Waals surface area contributed by atoms with Gasteiger partial charge in [-0.05, 0) is 62.6 Å². The zero-order chi connectivity index (χ0) is 22.7. The van der Waals surface area contributed by atoms with Crippen LogP contribution in [0, 0.1) is 13.8 Å². The molecule has 32 heavy (non-hydrogen) atoms. The smallest absolute Gasteiger partial charge is 0.268 e. The van der Waals surface area contributed by atoms with Gasteiger partial charge in [0.05, 0.1) is 18.8 Å². The van der Waals surface area contributed by atoms with Crippen LogP contribution in [0.25, 0.3) is 16.5 Å². The molecule has 2 heterocycles. The van der Waals surface area contributed by atoms with Gasteiger partial charge in [-0.15, -0.1) is 5.11 Å². The SMILES string of the molecule is CCOc1ccc(-n2c(O)c(CN=Nc3nc(C)cc(C)n3)c3ccccc3c2=O)cc1. The highest BCUT2D eigenvalue weighted by Crippen LogP contribution is 2.29. The molecule has 0 fully saturated rings. The summed E-state index contributed by atoms with van der Waals surface area (Å²) in [5, 5.41) is 20.5. The molecule has 8 nitrogen and oxygen atoms in total. The predicted octanol–water partition coefficient (Wildman–Crippen LogP) is 4.79. The fourth-order valence-electron chi connectivity index (χ4n) is 3.58. The lowest BCUT2D eigenvalue weighted by atomic mass is 10.1. The van der Waals surface area contributed by atoms with Crippen molar-refractivity contribution in [1.82, 2.24) is 14.5 Å². The maximum Gasteiger partial charge on any atom is 0.268 e. The zero-order valence-electron chi connectivity index (χ0n) is 18.1. The molecule has 0 saturated carbocycles. The Bertz CT molecular complexity index is 1340. The third kappa shape index (κ3) is 4.20. The minimum Gasteiger partial charge on any atom is -0.494 e. The van der Waals surface area contributed by atoms with Crippen molar-refractivity contribution in [3.63, 3.8) is 0 Å². The average Bonchev–Trinajstić information content (AvgIpc) is 2.77. The standard InChI is InChI=1S/C24H23N5O3/c1-4-32-18-11-9-17(10-12-18)29-22(30)20-8-6-5-7-19(20)21(23(29)31)14-25-28-24-26-15(2)13-16(3)27-24/h5-13,31H,4,14H2,1-3H3. The van der Waals surface area contributed by atoms with Gasteiger partial charge in [0.1, 0.15) is 5.75 Å². The first kappa shape index (κ1) is 21.2. The number of pyridine rings is 1. The normalized spacial score (nSPS) is 11.3. The van der Waals surface area contributed by atoms with Gasteiger partial charge in [0, 0.05) is 22.3 Å². The number of hydrogen-bond donors (Lipinski definition) is 1. The lowest BCUT2D eigenvalue weighted by Crippen LogP contribution is -2.20. The molecule has 0 atom stereocenters. The Balaban J connectivity index is 1.79. The van der Waals surface area contributed by atoms with Gasteiger partial charge in [0.15, 0.2) is 0 Å². The van der Waals surface area contributed by atoms with Crippen molar-refractivity contribution >= 4 is 16.7 Å². The van der Waals surface area contributed by atoms with Crippen LogP contribution in [-0.2, 0) is 6.54 Å². The number of ether oxygens (including phenoxy) is 1. The molecule has 8 heteroatoms. The van der Waals surface area contributed by atoms with E-state index in [4.69, 9.17) is 4.74 Å². The molecule has 0 aliphatic rings. The predicted molar refractivity (Wildman–Crippen MR) is 122 cm³/mol. The van der Waals surface area contributed by atoms with E-state index in [-0.39, 0.29) is 23.9 Å². The number of hydrogen-bond acceptors (Lipinski definition) is 7. The molecular formula is C24H23N5O3. The number of rotatable bonds is 6. The Kier molecular flexibility index (Phi) is 5.93. The minimum atomic E-state index is -0.319. The Labute approximate surface area is 184 Å². The number of fused-ring (bicyclic) bond motifs is 1. The van der Waals surface area contributed by atoms with Crippen molar-refractivity contribution in [2.45, 2.75) is 27.3 Å². The van der Waals surface area contributed by atoms with Gasteiger partial charge in [-0.25, -0.2) is 14.5 Å². The molecule has 4 aromatic rings. The van der Waals surface area contributed by atoms with Crippen LogP contribution < -0.4 is 10.3 Å². The van der Waals surface area contributed by atoms with E-state index in [1.54, 1.807) is 42.5 Å². The van der Waals surface area contributed by atoms with Crippen LogP contribution in [0.2, 0.25) is 0 Å². The minimum absolute atomic E-state index is 0.0556. The van der Waals surface area contributed by atoms with Crippen molar-refractivity contribution < 1.29 is 9.84 Å². The van der Waals surface area contributed by atoms with Crippen LogP contribution in [0.15, 0.2) is 69.6 Å². The third-order valence-electron chi connectivity index (χ3n) is 4.93. The number of nitrogens with zero attached hydrogens (tertiary/aromatic N) is 5. The third-order valence-corrected chi connectivity index (χ3v) is 4.93. The Morgan fingerprint density at radius 3 is 2.31 bits per heavy atom. The molecule has 2 aromatic carbocycles.